The topological polar surface area (TPSA) is 43.4 Å². The Labute approximate surface area is 133 Å². The van der Waals surface area contributed by atoms with Crippen LogP contribution in [0.4, 0.5) is 0 Å². The van der Waals surface area contributed by atoms with E-state index in [0.717, 1.165) is 12.8 Å². The number of ether oxygens (including phenoxy) is 1. The molecular weight excluding hydrogens is 331 g/mol. The van der Waals surface area contributed by atoms with Crippen molar-refractivity contribution in [3.05, 3.63) is 59.1 Å². The molecule has 0 fully saturated rings. The fraction of sp³-hybridized carbons (Fsp3) is 0.200. The van der Waals surface area contributed by atoms with Crippen LogP contribution < -0.4 is 4.74 Å². The minimum Gasteiger partial charge on any atom is -0.492 e. The molecule has 0 N–H and O–H groups in total. The second-order valence-corrected chi connectivity index (χ2v) is 7.44. The van der Waals surface area contributed by atoms with Gasteiger partial charge in [0.2, 0.25) is 0 Å². The van der Waals surface area contributed by atoms with Crippen molar-refractivity contribution in [2.75, 3.05) is 6.61 Å². The molecule has 0 aliphatic rings. The van der Waals surface area contributed by atoms with Gasteiger partial charge in [-0.3, -0.25) is 0 Å². The summed E-state index contributed by atoms with van der Waals surface area (Å²) in [7, 11) is 1.48. The number of hydrogen-bond acceptors (Lipinski definition) is 3. The van der Waals surface area contributed by atoms with Gasteiger partial charge in [0.15, 0.2) is 0 Å². The highest BCUT2D eigenvalue weighted by molar-refractivity contribution is 8.13. The van der Waals surface area contributed by atoms with E-state index in [9.17, 15) is 8.42 Å². The zero-order chi connectivity index (χ0) is 15.3. The van der Waals surface area contributed by atoms with Crippen molar-refractivity contribution in [3.63, 3.8) is 0 Å². The van der Waals surface area contributed by atoms with Gasteiger partial charge in [0, 0.05) is 10.7 Å². The summed E-state index contributed by atoms with van der Waals surface area (Å²) in [6.07, 6.45) is 1.75. The summed E-state index contributed by atoms with van der Waals surface area (Å²) in [5, 5.41) is 0.233. The minimum atomic E-state index is -3.77. The van der Waals surface area contributed by atoms with Gasteiger partial charge in [-0.15, -0.1) is 0 Å². The predicted octanol–water partition coefficient (Wildman–Crippen LogP) is 4.28. The maximum absolute atomic E-state index is 11.2. The van der Waals surface area contributed by atoms with Gasteiger partial charge >= 0.3 is 0 Å². The molecule has 0 bridgehead atoms. The first-order valence-corrected chi connectivity index (χ1v) is 9.06. The molecule has 0 unspecified atom stereocenters. The molecule has 21 heavy (non-hydrogen) atoms. The van der Waals surface area contributed by atoms with Gasteiger partial charge in [0.1, 0.15) is 5.75 Å². The molecule has 2 aromatic rings. The third-order valence-corrected chi connectivity index (χ3v) is 4.54. The smallest absolute Gasteiger partial charge is 0.261 e. The fourth-order valence-corrected chi connectivity index (χ4v) is 2.93. The molecule has 0 aromatic heterocycles. The molecule has 3 nitrogen and oxygen atoms in total. The van der Waals surface area contributed by atoms with E-state index in [2.05, 4.69) is 12.1 Å². The number of rotatable bonds is 6. The first-order chi connectivity index (χ1) is 9.97. The Morgan fingerprint density at radius 1 is 1.05 bits per heavy atom. The van der Waals surface area contributed by atoms with Crippen molar-refractivity contribution in [1.82, 2.24) is 0 Å². The van der Waals surface area contributed by atoms with Gasteiger partial charge < -0.3 is 4.74 Å². The molecule has 0 amide bonds. The van der Waals surface area contributed by atoms with Gasteiger partial charge in [-0.25, -0.2) is 8.42 Å². The van der Waals surface area contributed by atoms with Crippen LogP contribution in [0.2, 0.25) is 5.02 Å². The Morgan fingerprint density at radius 2 is 1.76 bits per heavy atom. The number of hydrogen-bond donors (Lipinski definition) is 0. The van der Waals surface area contributed by atoms with Crippen LogP contribution in [0.5, 0.6) is 5.75 Å². The predicted molar refractivity (Wildman–Crippen MR) is 84.7 cm³/mol. The quantitative estimate of drug-likeness (QED) is 0.580. The van der Waals surface area contributed by atoms with Crippen LogP contribution in [0.25, 0.3) is 0 Å². The fourth-order valence-electron chi connectivity index (χ4n) is 1.85. The SMILES string of the molecule is O=S(=O)(Cl)c1ccc(OCCCc2ccccc2)c(Cl)c1. The van der Waals surface area contributed by atoms with Gasteiger partial charge in [-0.1, -0.05) is 41.9 Å². The van der Waals surface area contributed by atoms with Crippen LogP contribution in [0.3, 0.4) is 0 Å². The lowest BCUT2D eigenvalue weighted by atomic mass is 10.1. The average Bonchev–Trinajstić information content (AvgIpc) is 2.45. The largest absolute Gasteiger partial charge is 0.492 e. The second kappa shape index (κ2) is 7.16. The molecule has 0 saturated carbocycles. The highest BCUT2D eigenvalue weighted by atomic mass is 35.7. The first-order valence-electron chi connectivity index (χ1n) is 6.38. The van der Waals surface area contributed by atoms with E-state index in [4.69, 9.17) is 27.0 Å². The van der Waals surface area contributed by atoms with Crippen LogP contribution in [0, 0.1) is 0 Å². The summed E-state index contributed by atoms with van der Waals surface area (Å²) in [4.78, 5) is -0.0363. The summed E-state index contributed by atoms with van der Waals surface area (Å²) < 4.78 is 27.9. The summed E-state index contributed by atoms with van der Waals surface area (Å²) in [5.41, 5.74) is 1.25. The Bertz CT molecular complexity index is 700. The lowest BCUT2D eigenvalue weighted by Crippen LogP contribution is -2.00. The molecule has 6 heteroatoms. The summed E-state index contributed by atoms with van der Waals surface area (Å²) in [5.74, 6) is 0.453. The Morgan fingerprint density at radius 3 is 2.38 bits per heavy atom. The van der Waals surface area contributed by atoms with Crippen LogP contribution in [0.1, 0.15) is 12.0 Å². The molecule has 0 spiro atoms. The van der Waals surface area contributed by atoms with Gasteiger partial charge in [0.05, 0.1) is 16.5 Å². The monoisotopic (exact) mass is 344 g/mol. The van der Waals surface area contributed by atoms with Crippen molar-refractivity contribution in [2.45, 2.75) is 17.7 Å². The maximum atomic E-state index is 11.2. The van der Waals surface area contributed by atoms with Crippen molar-refractivity contribution in [3.8, 4) is 5.75 Å². The highest BCUT2D eigenvalue weighted by Gasteiger charge is 2.12. The van der Waals surface area contributed by atoms with Crippen molar-refractivity contribution < 1.29 is 13.2 Å². The maximum Gasteiger partial charge on any atom is 0.261 e. The van der Waals surface area contributed by atoms with Crippen molar-refractivity contribution >= 4 is 31.3 Å². The molecule has 0 aliphatic heterocycles. The highest BCUT2D eigenvalue weighted by Crippen LogP contribution is 2.28. The van der Waals surface area contributed by atoms with E-state index in [1.807, 2.05) is 18.2 Å². The second-order valence-electron chi connectivity index (χ2n) is 4.47. The van der Waals surface area contributed by atoms with E-state index >= 15 is 0 Å². The van der Waals surface area contributed by atoms with E-state index in [1.54, 1.807) is 0 Å². The third kappa shape index (κ3) is 4.92. The summed E-state index contributed by atoms with van der Waals surface area (Å²) in [6, 6.07) is 14.3. The number of benzene rings is 2. The van der Waals surface area contributed by atoms with Crippen molar-refractivity contribution in [2.24, 2.45) is 0 Å². The molecule has 0 radical (unpaired) electrons. The molecule has 0 heterocycles. The van der Waals surface area contributed by atoms with Gasteiger partial charge in [-0.2, -0.15) is 0 Å². The standard InChI is InChI=1S/C15H14Cl2O3S/c16-14-11-13(21(17,18)19)8-9-15(14)20-10-4-7-12-5-2-1-3-6-12/h1-3,5-6,8-9,11H,4,7,10H2. The molecular formula is C15H14Cl2O3S. The molecule has 2 rings (SSSR count). The van der Waals surface area contributed by atoms with Crippen LogP contribution in [-0.2, 0) is 15.5 Å². The molecule has 0 aliphatic carbocycles. The van der Waals surface area contributed by atoms with E-state index in [1.165, 1.54) is 23.8 Å². The first kappa shape index (κ1) is 16.1. The normalized spacial score (nSPS) is 11.3. The minimum absolute atomic E-state index is 0.0363. The summed E-state index contributed by atoms with van der Waals surface area (Å²) >= 11 is 5.98. The van der Waals surface area contributed by atoms with E-state index in [0.29, 0.717) is 12.4 Å². The average molecular weight is 345 g/mol. The Kier molecular flexibility index (Phi) is 5.51. The summed E-state index contributed by atoms with van der Waals surface area (Å²) in [6.45, 7) is 0.502. The molecule has 0 atom stereocenters. The third-order valence-electron chi connectivity index (χ3n) is 2.90. The Balaban J connectivity index is 1.89. The van der Waals surface area contributed by atoms with Gasteiger partial charge in [0.25, 0.3) is 9.05 Å². The number of aryl methyl sites for hydroxylation is 1. The lowest BCUT2D eigenvalue weighted by Gasteiger charge is -2.08. The van der Waals surface area contributed by atoms with Crippen molar-refractivity contribution in [1.29, 1.82) is 0 Å². The molecule has 2 aromatic carbocycles. The van der Waals surface area contributed by atoms with Crippen LogP contribution in [-0.4, -0.2) is 15.0 Å². The Hall–Kier alpha value is -1.23. The van der Waals surface area contributed by atoms with Crippen LogP contribution >= 0.6 is 22.3 Å². The molecule has 0 saturated heterocycles. The zero-order valence-corrected chi connectivity index (χ0v) is 13.5. The lowest BCUT2D eigenvalue weighted by molar-refractivity contribution is 0.311. The molecule has 112 valence electrons. The van der Waals surface area contributed by atoms with E-state index in [-0.39, 0.29) is 9.92 Å². The van der Waals surface area contributed by atoms with Crippen LogP contribution in [0.15, 0.2) is 53.4 Å². The van der Waals surface area contributed by atoms with Gasteiger partial charge in [-0.05, 0) is 36.6 Å². The van der Waals surface area contributed by atoms with E-state index < -0.39 is 9.05 Å². The zero-order valence-electron chi connectivity index (χ0n) is 11.1. The number of halogens is 2.